The molecule has 1 aromatic carbocycles. The maximum atomic E-state index is 13.6. The predicted molar refractivity (Wildman–Crippen MR) is 114 cm³/mol. The summed E-state index contributed by atoms with van der Waals surface area (Å²) in [4.78, 5) is 15.9. The van der Waals surface area contributed by atoms with Gasteiger partial charge in [-0.05, 0) is 48.6 Å². The van der Waals surface area contributed by atoms with Gasteiger partial charge in [-0.25, -0.2) is 14.5 Å². The number of carboxylic acids is 1. The molecule has 31 heavy (non-hydrogen) atoms. The maximum absolute atomic E-state index is 13.6. The Hall–Kier alpha value is -3.42. The van der Waals surface area contributed by atoms with Gasteiger partial charge in [0.25, 0.3) is 0 Å². The first-order chi connectivity index (χ1) is 15.1. The number of aliphatic carboxylic acids is 1. The summed E-state index contributed by atoms with van der Waals surface area (Å²) in [6, 6.07) is 11.9. The molecule has 3 heterocycles. The average molecular weight is 424 g/mol. The van der Waals surface area contributed by atoms with Crippen LogP contribution in [0.15, 0.2) is 42.5 Å². The van der Waals surface area contributed by atoms with Crippen molar-refractivity contribution in [3.05, 3.63) is 70.8 Å². The van der Waals surface area contributed by atoms with Crippen LogP contribution in [-0.2, 0) is 24.1 Å². The van der Waals surface area contributed by atoms with E-state index in [-0.39, 0.29) is 18.2 Å². The number of nitrogens with one attached hydrogen (secondary N) is 2. The van der Waals surface area contributed by atoms with Crippen LogP contribution >= 0.6 is 0 Å². The van der Waals surface area contributed by atoms with E-state index in [9.17, 15) is 14.3 Å². The van der Waals surface area contributed by atoms with Crippen LogP contribution in [-0.4, -0.2) is 39.4 Å². The van der Waals surface area contributed by atoms with E-state index in [4.69, 9.17) is 4.74 Å². The van der Waals surface area contributed by atoms with Crippen LogP contribution in [0.1, 0.15) is 41.3 Å². The molecule has 3 aromatic rings. The van der Waals surface area contributed by atoms with Crippen molar-refractivity contribution in [3.8, 4) is 5.88 Å². The van der Waals surface area contributed by atoms with Gasteiger partial charge in [-0.2, -0.15) is 5.10 Å². The summed E-state index contributed by atoms with van der Waals surface area (Å²) in [7, 11) is 0. The molecule has 0 saturated heterocycles. The topological polar surface area (TPSA) is 100 Å². The summed E-state index contributed by atoms with van der Waals surface area (Å²) in [6.45, 7) is 1.39. The van der Waals surface area contributed by atoms with Gasteiger partial charge in [-0.1, -0.05) is 18.2 Å². The molecule has 0 aliphatic carbocycles. The average Bonchev–Trinajstić information content (AvgIpc) is 3.20. The molecule has 7 nitrogen and oxygen atoms in total. The van der Waals surface area contributed by atoms with Gasteiger partial charge in [0, 0.05) is 30.6 Å². The van der Waals surface area contributed by atoms with Crippen molar-refractivity contribution in [2.45, 2.75) is 38.0 Å². The molecule has 0 bridgehead atoms. The fourth-order valence-corrected chi connectivity index (χ4v) is 3.83. The fourth-order valence-electron chi connectivity index (χ4n) is 3.83. The molecule has 3 N–H and O–H groups in total. The maximum Gasteiger partial charge on any atom is 0.303 e. The number of nitrogens with zero attached hydrogens (tertiary/aromatic N) is 2. The Morgan fingerprint density at radius 1 is 1.23 bits per heavy atom. The number of aromatic nitrogens is 3. The van der Waals surface area contributed by atoms with Crippen LogP contribution in [0.2, 0.25) is 0 Å². The number of aromatic amines is 1. The van der Waals surface area contributed by atoms with E-state index in [1.165, 1.54) is 17.7 Å². The highest BCUT2D eigenvalue weighted by Crippen LogP contribution is 2.26. The fraction of sp³-hybridized carbons (Fsp3) is 0.348. The Morgan fingerprint density at radius 2 is 2.13 bits per heavy atom. The number of hydrogen-bond donors (Lipinski definition) is 3. The van der Waals surface area contributed by atoms with Crippen LogP contribution in [0.3, 0.4) is 0 Å². The molecule has 1 unspecified atom stereocenters. The van der Waals surface area contributed by atoms with Crippen molar-refractivity contribution in [3.63, 3.8) is 0 Å². The van der Waals surface area contributed by atoms with Crippen molar-refractivity contribution >= 4 is 11.8 Å². The number of hydrogen-bond acceptors (Lipinski definition) is 5. The zero-order chi connectivity index (χ0) is 21.6. The summed E-state index contributed by atoms with van der Waals surface area (Å²) >= 11 is 0. The first-order valence-electron chi connectivity index (χ1n) is 10.4. The molecule has 8 heteroatoms. The first-order valence-corrected chi connectivity index (χ1v) is 10.4. The lowest BCUT2D eigenvalue weighted by Gasteiger charge is -2.17. The highest BCUT2D eigenvalue weighted by atomic mass is 19.1. The van der Waals surface area contributed by atoms with Crippen molar-refractivity contribution < 1.29 is 19.0 Å². The highest BCUT2D eigenvalue weighted by Gasteiger charge is 2.19. The van der Waals surface area contributed by atoms with Gasteiger partial charge in [0.2, 0.25) is 5.88 Å². The number of benzene rings is 1. The third kappa shape index (κ3) is 5.59. The SMILES string of the molecule is O=C(O)CC(Cc1cc(OCCc2ccc3c(n2)NCCC3)[nH]n1)c1cccc(F)c1. The molecule has 4 rings (SSSR count). The number of carboxylic acid groups (broad SMARTS) is 1. The molecule has 0 amide bonds. The normalized spacial score (nSPS) is 13.8. The number of halogens is 1. The second-order valence-corrected chi connectivity index (χ2v) is 7.72. The number of anilines is 1. The lowest BCUT2D eigenvalue weighted by molar-refractivity contribution is -0.137. The van der Waals surface area contributed by atoms with E-state index in [1.54, 1.807) is 18.2 Å². The number of rotatable bonds is 9. The Kier molecular flexibility index (Phi) is 6.45. The summed E-state index contributed by atoms with van der Waals surface area (Å²) in [6.07, 6.45) is 3.11. The van der Waals surface area contributed by atoms with E-state index in [0.717, 1.165) is 30.9 Å². The lowest BCUT2D eigenvalue weighted by Crippen LogP contribution is -2.14. The summed E-state index contributed by atoms with van der Waals surface area (Å²) < 4.78 is 19.3. The van der Waals surface area contributed by atoms with E-state index in [0.29, 0.717) is 36.6 Å². The van der Waals surface area contributed by atoms with Crippen molar-refractivity contribution in [1.29, 1.82) is 0 Å². The number of ether oxygens (including phenoxy) is 1. The second kappa shape index (κ2) is 9.59. The number of fused-ring (bicyclic) bond motifs is 1. The van der Waals surface area contributed by atoms with Crippen LogP contribution < -0.4 is 10.1 Å². The lowest BCUT2D eigenvalue weighted by atomic mass is 9.91. The van der Waals surface area contributed by atoms with E-state index >= 15 is 0 Å². The van der Waals surface area contributed by atoms with Gasteiger partial charge in [0.1, 0.15) is 11.6 Å². The molecular formula is C23H25FN4O3. The van der Waals surface area contributed by atoms with Crippen LogP contribution in [0.25, 0.3) is 0 Å². The Bertz CT molecular complexity index is 1050. The zero-order valence-corrected chi connectivity index (χ0v) is 17.1. The third-order valence-corrected chi connectivity index (χ3v) is 5.37. The van der Waals surface area contributed by atoms with Gasteiger partial charge < -0.3 is 15.2 Å². The van der Waals surface area contributed by atoms with Crippen LogP contribution in [0.4, 0.5) is 10.2 Å². The minimum absolute atomic E-state index is 0.107. The molecule has 0 radical (unpaired) electrons. The van der Waals surface area contributed by atoms with E-state index in [2.05, 4.69) is 26.6 Å². The molecule has 1 aliphatic heterocycles. The Balaban J connectivity index is 1.34. The first kappa shape index (κ1) is 20.8. The van der Waals surface area contributed by atoms with Crippen LogP contribution in [0.5, 0.6) is 5.88 Å². The molecule has 1 aliphatic rings. The van der Waals surface area contributed by atoms with Crippen LogP contribution in [0, 0.1) is 5.82 Å². The van der Waals surface area contributed by atoms with Gasteiger partial charge >= 0.3 is 5.97 Å². The Labute approximate surface area is 179 Å². The summed E-state index contributed by atoms with van der Waals surface area (Å²) in [5, 5.41) is 19.6. The highest BCUT2D eigenvalue weighted by molar-refractivity contribution is 5.68. The Morgan fingerprint density at radius 3 is 2.97 bits per heavy atom. The van der Waals surface area contributed by atoms with Crippen molar-refractivity contribution in [2.75, 3.05) is 18.5 Å². The molecule has 0 saturated carbocycles. The predicted octanol–water partition coefficient (Wildman–Crippen LogP) is 3.72. The quantitative estimate of drug-likeness (QED) is 0.484. The summed E-state index contributed by atoms with van der Waals surface area (Å²) in [5.41, 5.74) is 3.52. The number of carbonyl (C=O) groups is 1. The van der Waals surface area contributed by atoms with Gasteiger partial charge in [0.05, 0.1) is 18.7 Å². The largest absolute Gasteiger partial charge is 0.481 e. The molecular weight excluding hydrogens is 399 g/mol. The monoisotopic (exact) mass is 424 g/mol. The van der Waals surface area contributed by atoms with Gasteiger partial charge in [-0.15, -0.1) is 0 Å². The molecule has 0 fully saturated rings. The van der Waals surface area contributed by atoms with E-state index in [1.807, 2.05) is 6.07 Å². The van der Waals surface area contributed by atoms with Gasteiger partial charge in [-0.3, -0.25) is 4.79 Å². The molecule has 0 spiro atoms. The third-order valence-electron chi connectivity index (χ3n) is 5.37. The molecule has 2 aromatic heterocycles. The smallest absolute Gasteiger partial charge is 0.303 e. The molecule has 162 valence electrons. The number of aryl methyl sites for hydroxylation is 1. The standard InChI is InChI=1S/C23H25FN4O3/c24-18-5-1-3-16(11-18)17(13-22(29)30)12-20-14-21(28-27-20)31-10-8-19-7-6-15-4-2-9-25-23(15)26-19/h1,3,5-7,11,14,17H,2,4,8-10,12-13H2,(H,25,26)(H,27,28)(H,29,30). The molecule has 1 atom stereocenters. The number of H-pyrrole nitrogens is 1. The minimum Gasteiger partial charge on any atom is -0.481 e. The number of pyridine rings is 1. The van der Waals surface area contributed by atoms with Gasteiger partial charge in [0.15, 0.2) is 0 Å². The summed E-state index contributed by atoms with van der Waals surface area (Å²) in [5.74, 6) is -0.219. The van der Waals surface area contributed by atoms with Crippen molar-refractivity contribution in [1.82, 2.24) is 15.2 Å². The zero-order valence-electron chi connectivity index (χ0n) is 17.1. The second-order valence-electron chi connectivity index (χ2n) is 7.72. The minimum atomic E-state index is -0.937. The van der Waals surface area contributed by atoms with Crippen molar-refractivity contribution in [2.24, 2.45) is 0 Å². The van der Waals surface area contributed by atoms with E-state index < -0.39 is 5.97 Å².